The zero-order valence-electron chi connectivity index (χ0n) is 13.9. The van der Waals surface area contributed by atoms with Crippen molar-refractivity contribution in [1.82, 2.24) is 10.3 Å². The topological polar surface area (TPSA) is 88.2 Å². The van der Waals surface area contributed by atoms with E-state index in [4.69, 9.17) is 0 Å². The number of hydrogen-bond acceptors (Lipinski definition) is 4. The molecule has 0 saturated heterocycles. The number of carbonyl (C=O) groups excluding carboxylic acids is 1. The number of rotatable bonds is 5. The van der Waals surface area contributed by atoms with Crippen LogP contribution in [0.1, 0.15) is 32.5 Å². The summed E-state index contributed by atoms with van der Waals surface area (Å²) in [6.07, 6.45) is 1.65. The molecule has 0 aliphatic heterocycles. The van der Waals surface area contributed by atoms with Gasteiger partial charge in [-0.25, -0.2) is 13.2 Å². The summed E-state index contributed by atoms with van der Waals surface area (Å²) in [6.45, 7) is 5.02. The highest BCUT2D eigenvalue weighted by Gasteiger charge is 2.23. The highest BCUT2D eigenvalue weighted by molar-refractivity contribution is 7.92. The Balaban J connectivity index is 2.16. The third-order valence-corrected chi connectivity index (χ3v) is 5.75. The summed E-state index contributed by atoms with van der Waals surface area (Å²) < 4.78 is 24.8. The van der Waals surface area contributed by atoms with Crippen LogP contribution in [0.15, 0.2) is 53.6 Å². The molecule has 0 saturated carbocycles. The van der Waals surface area contributed by atoms with Crippen molar-refractivity contribution in [3.8, 4) is 0 Å². The van der Waals surface area contributed by atoms with E-state index in [0.29, 0.717) is 0 Å². The number of para-hydroxylation sites is 1. The number of benzene rings is 1. The van der Waals surface area contributed by atoms with Crippen LogP contribution in [-0.4, -0.2) is 24.7 Å². The Morgan fingerprint density at radius 1 is 1.04 bits per heavy atom. The van der Waals surface area contributed by atoms with Gasteiger partial charge in [0, 0.05) is 6.20 Å². The van der Waals surface area contributed by atoms with E-state index < -0.39 is 21.1 Å². The van der Waals surface area contributed by atoms with Crippen LogP contribution >= 0.6 is 0 Å². The van der Waals surface area contributed by atoms with Gasteiger partial charge in [-0.15, -0.1) is 0 Å². The van der Waals surface area contributed by atoms with Gasteiger partial charge in [-0.1, -0.05) is 18.2 Å². The van der Waals surface area contributed by atoms with E-state index >= 15 is 0 Å². The first-order chi connectivity index (χ1) is 11.3. The lowest BCUT2D eigenvalue weighted by Crippen LogP contribution is -2.32. The van der Waals surface area contributed by atoms with Crippen LogP contribution < -0.4 is 10.6 Å². The molecule has 1 aromatic heterocycles. The van der Waals surface area contributed by atoms with Gasteiger partial charge in [0.25, 0.3) is 0 Å². The van der Waals surface area contributed by atoms with Crippen LogP contribution in [0.4, 0.5) is 10.5 Å². The van der Waals surface area contributed by atoms with Gasteiger partial charge < -0.3 is 10.6 Å². The molecule has 0 fully saturated rings. The Bertz CT molecular complexity index is 805. The summed E-state index contributed by atoms with van der Waals surface area (Å²) in [5, 5.41) is 4.79. The average Bonchev–Trinajstić information content (AvgIpc) is 2.55. The number of amides is 2. The molecular weight excluding hydrogens is 326 g/mol. The van der Waals surface area contributed by atoms with E-state index in [-0.39, 0.29) is 16.6 Å². The molecule has 2 rings (SSSR count). The third kappa shape index (κ3) is 4.11. The van der Waals surface area contributed by atoms with Crippen LogP contribution in [0.5, 0.6) is 0 Å². The first kappa shape index (κ1) is 17.9. The maximum atomic E-state index is 12.4. The van der Waals surface area contributed by atoms with Crippen molar-refractivity contribution in [2.24, 2.45) is 0 Å². The number of aromatic nitrogens is 1. The fourth-order valence-corrected chi connectivity index (χ4v) is 3.33. The molecule has 0 bridgehead atoms. The van der Waals surface area contributed by atoms with Gasteiger partial charge in [0.15, 0.2) is 9.84 Å². The Kier molecular flexibility index (Phi) is 5.56. The largest absolute Gasteiger partial charge is 0.330 e. The summed E-state index contributed by atoms with van der Waals surface area (Å²) in [6, 6.07) is 11.0. The molecule has 128 valence electrons. The van der Waals surface area contributed by atoms with Crippen molar-refractivity contribution >= 4 is 21.6 Å². The quantitative estimate of drug-likeness (QED) is 0.869. The van der Waals surface area contributed by atoms with Crippen LogP contribution in [0.3, 0.4) is 0 Å². The lowest BCUT2D eigenvalue weighted by molar-refractivity contribution is 0.249. The fourth-order valence-electron chi connectivity index (χ4n) is 2.13. The zero-order valence-corrected chi connectivity index (χ0v) is 14.7. The van der Waals surface area contributed by atoms with Gasteiger partial charge >= 0.3 is 6.03 Å². The number of sulfone groups is 1. The smallest absolute Gasteiger partial charge is 0.319 e. The van der Waals surface area contributed by atoms with Crippen molar-refractivity contribution in [1.29, 1.82) is 0 Å². The van der Waals surface area contributed by atoms with Gasteiger partial charge in [-0.2, -0.15) is 0 Å². The Hall–Kier alpha value is -2.41. The monoisotopic (exact) mass is 347 g/mol. The minimum absolute atomic E-state index is 0.112. The summed E-state index contributed by atoms with van der Waals surface area (Å²) in [4.78, 5) is 16.5. The standard InChI is InChI=1S/C17H21N3O3S/c1-12(2)24(22,23)16-10-5-4-9-15(16)20-17(21)19-13(3)14-8-6-7-11-18-14/h4-13H,1-3H3,(H2,19,20,21)/t13-/m1/s1. The SMILES string of the molecule is CC(C)S(=O)(=O)c1ccccc1NC(=O)N[C@H](C)c1ccccn1. The summed E-state index contributed by atoms with van der Waals surface area (Å²) in [7, 11) is -3.49. The second-order valence-electron chi connectivity index (χ2n) is 5.66. The van der Waals surface area contributed by atoms with E-state index in [2.05, 4.69) is 15.6 Å². The molecule has 0 aliphatic rings. The van der Waals surface area contributed by atoms with Crippen LogP contribution in [-0.2, 0) is 9.84 Å². The number of anilines is 1. The minimum atomic E-state index is -3.49. The number of nitrogens with one attached hydrogen (secondary N) is 2. The zero-order chi connectivity index (χ0) is 17.7. The molecule has 2 N–H and O–H groups in total. The molecule has 24 heavy (non-hydrogen) atoms. The van der Waals surface area contributed by atoms with E-state index in [1.807, 2.05) is 12.1 Å². The van der Waals surface area contributed by atoms with E-state index in [1.165, 1.54) is 6.07 Å². The first-order valence-electron chi connectivity index (χ1n) is 7.63. The molecular formula is C17H21N3O3S. The fraction of sp³-hybridized carbons (Fsp3) is 0.294. The molecule has 2 amide bonds. The maximum Gasteiger partial charge on any atom is 0.319 e. The molecule has 0 unspecified atom stereocenters. The Morgan fingerprint density at radius 3 is 2.33 bits per heavy atom. The summed E-state index contributed by atoms with van der Waals surface area (Å²) in [5.74, 6) is 0. The second kappa shape index (κ2) is 7.44. The molecule has 2 aromatic rings. The lowest BCUT2D eigenvalue weighted by atomic mass is 10.2. The molecule has 0 spiro atoms. The number of urea groups is 1. The van der Waals surface area contributed by atoms with Gasteiger partial charge in [-0.05, 0) is 45.0 Å². The van der Waals surface area contributed by atoms with Gasteiger partial charge in [0.2, 0.25) is 0 Å². The van der Waals surface area contributed by atoms with Crippen molar-refractivity contribution in [2.45, 2.75) is 37.0 Å². The maximum absolute atomic E-state index is 12.4. The molecule has 0 aliphatic carbocycles. The van der Waals surface area contributed by atoms with Crippen molar-refractivity contribution in [2.75, 3.05) is 5.32 Å². The van der Waals surface area contributed by atoms with Gasteiger partial charge in [0.1, 0.15) is 0 Å². The van der Waals surface area contributed by atoms with E-state index in [9.17, 15) is 13.2 Å². The van der Waals surface area contributed by atoms with Crippen molar-refractivity contribution < 1.29 is 13.2 Å². The molecule has 7 heteroatoms. The van der Waals surface area contributed by atoms with Crippen molar-refractivity contribution in [3.05, 3.63) is 54.4 Å². The molecule has 0 radical (unpaired) electrons. The molecule has 6 nitrogen and oxygen atoms in total. The second-order valence-corrected chi connectivity index (χ2v) is 8.14. The van der Waals surface area contributed by atoms with E-state index in [1.54, 1.807) is 51.2 Å². The third-order valence-electron chi connectivity index (χ3n) is 3.54. The predicted octanol–water partition coefficient (Wildman–Crippen LogP) is 3.15. The number of hydrogen-bond donors (Lipinski definition) is 2. The van der Waals surface area contributed by atoms with Crippen LogP contribution in [0.2, 0.25) is 0 Å². The average molecular weight is 347 g/mol. The number of pyridine rings is 1. The highest BCUT2D eigenvalue weighted by Crippen LogP contribution is 2.24. The Labute approximate surface area is 142 Å². The van der Waals surface area contributed by atoms with E-state index in [0.717, 1.165) is 5.69 Å². The minimum Gasteiger partial charge on any atom is -0.330 e. The normalized spacial score (nSPS) is 12.7. The number of nitrogens with zero attached hydrogens (tertiary/aromatic N) is 1. The first-order valence-corrected chi connectivity index (χ1v) is 9.18. The van der Waals surface area contributed by atoms with Gasteiger partial charge in [-0.3, -0.25) is 4.98 Å². The van der Waals surface area contributed by atoms with Gasteiger partial charge in [0.05, 0.1) is 27.6 Å². The predicted molar refractivity (Wildman–Crippen MR) is 93.6 cm³/mol. The summed E-state index contributed by atoms with van der Waals surface area (Å²) >= 11 is 0. The van der Waals surface area contributed by atoms with Crippen molar-refractivity contribution in [3.63, 3.8) is 0 Å². The Morgan fingerprint density at radius 2 is 1.71 bits per heavy atom. The molecule has 1 aromatic carbocycles. The van der Waals surface area contributed by atoms with Crippen LogP contribution in [0.25, 0.3) is 0 Å². The molecule has 1 heterocycles. The highest BCUT2D eigenvalue weighted by atomic mass is 32.2. The lowest BCUT2D eigenvalue weighted by Gasteiger charge is -2.16. The summed E-state index contributed by atoms with van der Waals surface area (Å²) in [5.41, 5.74) is 0.979. The number of carbonyl (C=O) groups is 1. The van der Waals surface area contributed by atoms with Crippen LogP contribution in [0, 0.1) is 0 Å². The molecule has 1 atom stereocenters.